The monoisotopic (exact) mass is 638 g/mol. The lowest BCUT2D eigenvalue weighted by Gasteiger charge is -2.35. The van der Waals surface area contributed by atoms with Gasteiger partial charge in [0.05, 0.1) is 15.9 Å². The molecule has 4 aromatic rings. The van der Waals surface area contributed by atoms with Crippen LogP contribution in [0.5, 0.6) is 11.5 Å². The number of hydrogen-bond donors (Lipinski definition) is 3. The van der Waals surface area contributed by atoms with E-state index in [1.54, 1.807) is 36.4 Å². The number of urea groups is 1. The molecule has 2 fully saturated rings. The molecule has 4 atom stereocenters. The highest BCUT2D eigenvalue weighted by Crippen LogP contribution is 2.58. The number of phenolic OH excluding ortho intramolecular Hbond substituents is 2. The van der Waals surface area contributed by atoms with E-state index in [0.29, 0.717) is 22.3 Å². The highest BCUT2D eigenvalue weighted by molar-refractivity contribution is 6.02. The number of rotatable bonds is 9. The van der Waals surface area contributed by atoms with Gasteiger partial charge in [-0.3, -0.25) is 25.0 Å². The van der Waals surface area contributed by atoms with Gasteiger partial charge >= 0.3 is 6.03 Å². The van der Waals surface area contributed by atoms with Crippen LogP contribution in [0.4, 0.5) is 16.2 Å². The Morgan fingerprint density at radius 1 is 0.745 bits per heavy atom. The zero-order valence-corrected chi connectivity index (χ0v) is 24.9. The molecule has 2 amide bonds. The van der Waals surface area contributed by atoms with E-state index in [1.807, 2.05) is 0 Å². The minimum Gasteiger partial charge on any atom is -0.508 e. The number of hydrogen-bond acceptors (Lipinski definition) is 9. The first-order valence-corrected chi connectivity index (χ1v) is 14.8. The van der Waals surface area contributed by atoms with Crippen LogP contribution in [-0.4, -0.2) is 64.5 Å². The zero-order valence-electron chi connectivity index (χ0n) is 24.9. The van der Waals surface area contributed by atoms with E-state index in [2.05, 4.69) is 0 Å². The van der Waals surface area contributed by atoms with Crippen LogP contribution in [0.15, 0.2) is 97.1 Å². The Hall–Kier alpha value is -5.82. The predicted octanol–water partition coefficient (Wildman–Crippen LogP) is 4.82. The highest BCUT2D eigenvalue weighted by atomic mass is 16.6. The minimum atomic E-state index is -1.69. The van der Waals surface area contributed by atoms with E-state index in [4.69, 9.17) is 0 Å². The lowest BCUT2D eigenvalue weighted by atomic mass is 9.91. The number of Topliss-reactive ketones (excluding diaryl/α,β-unsaturated/α-hetero) is 1. The molecule has 4 aromatic carbocycles. The van der Waals surface area contributed by atoms with Gasteiger partial charge in [-0.05, 0) is 59.4 Å². The fraction of sp³-hybridized carbons (Fsp3) is 0.235. The number of carbonyl (C=O) groups is 2. The molecular weight excluding hydrogens is 608 g/mol. The van der Waals surface area contributed by atoms with Gasteiger partial charge in [-0.15, -0.1) is 0 Å². The number of amides is 2. The first-order valence-electron chi connectivity index (χ1n) is 14.8. The molecule has 1 saturated carbocycles. The first kappa shape index (κ1) is 31.2. The maximum absolute atomic E-state index is 14.9. The van der Waals surface area contributed by atoms with Crippen molar-refractivity contribution in [2.75, 3.05) is 0 Å². The number of aromatic hydroxyl groups is 2. The van der Waals surface area contributed by atoms with E-state index in [-0.39, 0.29) is 48.8 Å². The molecule has 2 unspecified atom stereocenters. The third kappa shape index (κ3) is 5.95. The predicted molar refractivity (Wildman–Crippen MR) is 167 cm³/mol. The van der Waals surface area contributed by atoms with Gasteiger partial charge < -0.3 is 25.1 Å². The Balaban J connectivity index is 1.48. The van der Waals surface area contributed by atoms with Crippen molar-refractivity contribution in [2.45, 2.75) is 49.5 Å². The van der Waals surface area contributed by atoms with E-state index in [9.17, 15) is 45.1 Å². The van der Waals surface area contributed by atoms with Gasteiger partial charge in [0.2, 0.25) is 0 Å². The van der Waals surface area contributed by atoms with Gasteiger partial charge in [0, 0.05) is 43.3 Å². The number of carbonyl (C=O) groups excluding carboxylic acids is 2. The highest BCUT2D eigenvalue weighted by Gasteiger charge is 2.69. The lowest BCUT2D eigenvalue weighted by Crippen LogP contribution is -2.51. The largest absolute Gasteiger partial charge is 0.508 e. The normalized spacial score (nSPS) is 22.3. The molecule has 0 bridgehead atoms. The number of nitrogens with zero attached hydrogens (tertiary/aromatic N) is 4. The zero-order chi connectivity index (χ0) is 33.5. The average Bonchev–Trinajstić information content (AvgIpc) is 3.82. The van der Waals surface area contributed by atoms with Gasteiger partial charge in [0.1, 0.15) is 23.1 Å². The van der Waals surface area contributed by atoms with Gasteiger partial charge in [-0.25, -0.2) is 4.79 Å². The molecule has 1 saturated heterocycles. The Morgan fingerprint density at radius 3 is 1.83 bits per heavy atom. The third-order valence-electron chi connectivity index (χ3n) is 8.96. The summed E-state index contributed by atoms with van der Waals surface area (Å²) in [6.45, 7) is -0.399. The summed E-state index contributed by atoms with van der Waals surface area (Å²) in [6.07, 6.45) is -1.52. The van der Waals surface area contributed by atoms with Crippen LogP contribution in [0, 0.1) is 20.2 Å². The second kappa shape index (κ2) is 12.2. The number of phenols is 2. The molecule has 2 aliphatic rings. The summed E-state index contributed by atoms with van der Waals surface area (Å²) in [5.74, 6) is -1.15. The first-order chi connectivity index (χ1) is 22.5. The van der Waals surface area contributed by atoms with Gasteiger partial charge in [-0.2, -0.15) is 0 Å². The van der Waals surface area contributed by atoms with Crippen molar-refractivity contribution in [1.29, 1.82) is 0 Å². The van der Waals surface area contributed by atoms with Crippen LogP contribution in [0.25, 0.3) is 0 Å². The van der Waals surface area contributed by atoms with E-state index in [0.717, 1.165) is 0 Å². The van der Waals surface area contributed by atoms with Crippen molar-refractivity contribution in [3.05, 3.63) is 140 Å². The van der Waals surface area contributed by atoms with E-state index in [1.165, 1.54) is 70.5 Å². The molecule has 1 aliphatic heterocycles. The van der Waals surface area contributed by atoms with Crippen LogP contribution in [0.3, 0.4) is 0 Å². The van der Waals surface area contributed by atoms with Crippen LogP contribution in [0.2, 0.25) is 0 Å². The van der Waals surface area contributed by atoms with Crippen LogP contribution < -0.4 is 0 Å². The van der Waals surface area contributed by atoms with Crippen molar-refractivity contribution in [3.63, 3.8) is 0 Å². The smallest absolute Gasteiger partial charge is 0.321 e. The molecule has 47 heavy (non-hydrogen) atoms. The Kier molecular flexibility index (Phi) is 8.07. The molecule has 13 nitrogen and oxygen atoms in total. The third-order valence-corrected chi connectivity index (χ3v) is 8.96. The molecule has 1 heterocycles. The fourth-order valence-electron chi connectivity index (χ4n) is 6.53. The van der Waals surface area contributed by atoms with Gasteiger partial charge in [-0.1, -0.05) is 48.5 Å². The molecule has 13 heteroatoms. The van der Waals surface area contributed by atoms with Crippen molar-refractivity contribution in [2.24, 2.45) is 0 Å². The number of benzene rings is 4. The SMILES string of the molecule is O=C1N(Cc2cccc([N+](=O)[O-])c2)[C@H](Cc2ccc(O)cc2)[C@H](O)C(=O)C2(CC2c2ccc(O)cc2)N1Cc1cccc([N+](=O)[O-])c1. The summed E-state index contributed by atoms with van der Waals surface area (Å²) in [7, 11) is 0. The summed E-state index contributed by atoms with van der Waals surface area (Å²) in [5.41, 5.74) is 0.123. The minimum absolute atomic E-state index is 0.00701. The standard InChI is InChI=1S/C34H30N4O9/c39-27-11-7-21(8-12-27)17-30-31(41)32(42)34(18-29(34)24-9-13-28(40)14-10-24)36(20-23-4-2-6-26(16-23)38(46)47)33(43)35(30)19-22-3-1-5-25(15-22)37(44)45/h1-16,29-31,39-41H,17-20H2/t29?,30-,31+,34?/m1/s1. The number of non-ortho nitro benzene ring substituents is 2. The summed E-state index contributed by atoms with van der Waals surface area (Å²) in [6, 6.07) is 22.0. The Labute approximate surface area is 268 Å². The fourth-order valence-corrected chi connectivity index (χ4v) is 6.53. The van der Waals surface area contributed by atoms with Crippen LogP contribution in [-0.2, 0) is 24.3 Å². The maximum atomic E-state index is 14.9. The van der Waals surface area contributed by atoms with Gasteiger partial charge in [0.15, 0.2) is 5.78 Å². The maximum Gasteiger partial charge on any atom is 0.321 e. The summed E-state index contributed by atoms with van der Waals surface area (Å²) in [4.78, 5) is 54.1. The second-order valence-corrected chi connectivity index (χ2v) is 11.9. The van der Waals surface area contributed by atoms with Crippen molar-refractivity contribution in [1.82, 2.24) is 9.80 Å². The van der Waals surface area contributed by atoms with Crippen LogP contribution in [0.1, 0.15) is 34.6 Å². The molecule has 1 spiro atoms. The molecule has 3 N–H and O–H groups in total. The molecule has 0 radical (unpaired) electrons. The molecule has 6 rings (SSSR count). The Morgan fingerprint density at radius 2 is 1.28 bits per heavy atom. The summed E-state index contributed by atoms with van der Waals surface area (Å²) in [5, 5.41) is 54.7. The molecular formula is C34H30N4O9. The molecule has 240 valence electrons. The molecule has 1 aliphatic carbocycles. The van der Waals surface area contributed by atoms with Crippen molar-refractivity contribution in [3.8, 4) is 11.5 Å². The summed E-state index contributed by atoms with van der Waals surface area (Å²) >= 11 is 0. The van der Waals surface area contributed by atoms with Crippen LogP contribution >= 0.6 is 0 Å². The number of aliphatic hydroxyl groups is 1. The van der Waals surface area contributed by atoms with Gasteiger partial charge in [0.25, 0.3) is 11.4 Å². The van der Waals surface area contributed by atoms with E-state index < -0.39 is 45.3 Å². The number of nitro benzene ring substituents is 2. The average molecular weight is 639 g/mol. The number of nitro groups is 2. The quantitative estimate of drug-likeness (QED) is 0.171. The summed E-state index contributed by atoms with van der Waals surface area (Å²) < 4.78 is 0. The Bertz CT molecular complexity index is 1860. The number of aliphatic hydroxyl groups excluding tert-OH is 1. The van der Waals surface area contributed by atoms with E-state index >= 15 is 0 Å². The second-order valence-electron chi connectivity index (χ2n) is 11.9. The lowest BCUT2D eigenvalue weighted by molar-refractivity contribution is -0.385. The topological polar surface area (TPSA) is 188 Å². The molecule has 0 aromatic heterocycles. The number of ketones is 1. The van der Waals surface area contributed by atoms with Crippen molar-refractivity contribution < 1.29 is 34.8 Å². The van der Waals surface area contributed by atoms with Crippen molar-refractivity contribution >= 4 is 23.2 Å².